The number of benzene rings is 1. The van der Waals surface area contributed by atoms with E-state index in [0.717, 1.165) is 12.0 Å². The molecule has 1 amide bonds. The van der Waals surface area contributed by atoms with Crippen molar-refractivity contribution in [3.8, 4) is 0 Å². The minimum absolute atomic E-state index is 0.0425. The summed E-state index contributed by atoms with van der Waals surface area (Å²) in [5.74, 6) is -0.105. The van der Waals surface area contributed by atoms with E-state index < -0.39 is 5.60 Å². The Labute approximate surface area is 136 Å². The third-order valence-electron chi connectivity index (χ3n) is 3.55. The van der Waals surface area contributed by atoms with Crippen LogP contribution in [0.3, 0.4) is 0 Å². The van der Waals surface area contributed by atoms with Crippen LogP contribution in [0.5, 0.6) is 0 Å². The number of aliphatic hydroxyl groups is 1. The molecule has 1 aromatic carbocycles. The summed E-state index contributed by atoms with van der Waals surface area (Å²) in [7, 11) is 0. The Balaban J connectivity index is 1.87. The highest BCUT2D eigenvalue weighted by atomic mass is 16.3. The number of carbonyl (C=O) groups is 1. The maximum Gasteiger partial charge on any atom is 0.251 e. The van der Waals surface area contributed by atoms with E-state index in [9.17, 15) is 9.90 Å². The van der Waals surface area contributed by atoms with Crippen LogP contribution in [-0.2, 0) is 13.0 Å². The lowest BCUT2D eigenvalue weighted by molar-refractivity contribution is 0.0713. The van der Waals surface area contributed by atoms with Gasteiger partial charge >= 0.3 is 0 Å². The first kappa shape index (κ1) is 17.1. The molecular formula is C17H24N4O2. The first-order valence-corrected chi connectivity index (χ1v) is 7.78. The zero-order valence-electron chi connectivity index (χ0n) is 13.9. The quantitative estimate of drug-likeness (QED) is 0.816. The van der Waals surface area contributed by atoms with Crippen molar-refractivity contribution in [2.24, 2.45) is 0 Å². The van der Waals surface area contributed by atoms with Gasteiger partial charge in [0.25, 0.3) is 5.91 Å². The smallest absolute Gasteiger partial charge is 0.251 e. The van der Waals surface area contributed by atoms with Crippen molar-refractivity contribution in [1.29, 1.82) is 0 Å². The Morgan fingerprint density at radius 2 is 2.04 bits per heavy atom. The molecule has 2 N–H and O–H groups in total. The van der Waals surface area contributed by atoms with Gasteiger partial charge in [0, 0.05) is 11.6 Å². The molecule has 0 aliphatic carbocycles. The molecular weight excluding hydrogens is 292 g/mol. The van der Waals surface area contributed by atoms with Gasteiger partial charge in [0.2, 0.25) is 0 Å². The van der Waals surface area contributed by atoms with Crippen LogP contribution < -0.4 is 5.32 Å². The van der Waals surface area contributed by atoms with Gasteiger partial charge in [-0.15, -0.1) is 0 Å². The van der Waals surface area contributed by atoms with E-state index in [4.69, 9.17) is 0 Å². The van der Waals surface area contributed by atoms with Crippen molar-refractivity contribution in [3.63, 3.8) is 0 Å². The molecule has 124 valence electrons. The summed E-state index contributed by atoms with van der Waals surface area (Å²) in [5.41, 5.74) is 1.06. The second-order valence-corrected chi connectivity index (χ2v) is 6.50. The third-order valence-corrected chi connectivity index (χ3v) is 3.55. The van der Waals surface area contributed by atoms with Gasteiger partial charge in [-0.1, -0.05) is 12.1 Å². The molecule has 6 nitrogen and oxygen atoms in total. The monoisotopic (exact) mass is 316 g/mol. The lowest BCUT2D eigenvalue weighted by atomic mass is 9.98. The average Bonchev–Trinajstić information content (AvgIpc) is 2.97. The number of nitrogens with zero attached hydrogens (tertiary/aromatic N) is 3. The van der Waals surface area contributed by atoms with Crippen LogP contribution in [0.1, 0.15) is 43.1 Å². The second kappa shape index (κ2) is 7.37. The van der Waals surface area contributed by atoms with Gasteiger partial charge in [-0.2, -0.15) is 5.10 Å². The molecule has 2 rings (SSSR count). The largest absolute Gasteiger partial charge is 0.390 e. The molecule has 23 heavy (non-hydrogen) atoms. The lowest BCUT2D eigenvalue weighted by Gasteiger charge is -2.17. The summed E-state index contributed by atoms with van der Waals surface area (Å²) < 4.78 is 1.69. The maximum atomic E-state index is 12.2. The summed E-state index contributed by atoms with van der Waals surface area (Å²) in [6.45, 7) is 6.10. The molecule has 0 aliphatic rings. The van der Waals surface area contributed by atoms with Crippen molar-refractivity contribution in [2.45, 2.75) is 51.8 Å². The fourth-order valence-corrected chi connectivity index (χ4v) is 2.23. The number of nitrogens with one attached hydrogen (secondary N) is 1. The highest BCUT2D eigenvalue weighted by Crippen LogP contribution is 2.14. The van der Waals surface area contributed by atoms with Crippen molar-refractivity contribution >= 4 is 5.91 Å². The maximum absolute atomic E-state index is 12.2. The molecule has 1 aromatic heterocycles. The van der Waals surface area contributed by atoms with Gasteiger partial charge in [0.15, 0.2) is 0 Å². The lowest BCUT2D eigenvalue weighted by Crippen LogP contribution is -2.35. The Morgan fingerprint density at radius 1 is 1.35 bits per heavy atom. The van der Waals surface area contributed by atoms with Crippen molar-refractivity contribution in [1.82, 2.24) is 20.1 Å². The van der Waals surface area contributed by atoms with E-state index in [1.54, 1.807) is 24.9 Å². The number of aromatic nitrogens is 3. The number of carbonyl (C=O) groups excluding carboxylic acids is 1. The molecule has 0 aliphatic heterocycles. The molecule has 0 spiro atoms. The highest BCUT2D eigenvalue weighted by molar-refractivity contribution is 5.94. The minimum Gasteiger partial charge on any atom is -0.390 e. The molecule has 0 fully saturated rings. The number of rotatable bonds is 7. The van der Waals surface area contributed by atoms with Crippen molar-refractivity contribution in [3.05, 3.63) is 48.0 Å². The number of aryl methyl sites for hydroxylation is 1. The Morgan fingerprint density at radius 3 is 2.61 bits per heavy atom. The Kier molecular flexibility index (Phi) is 5.50. The molecule has 0 saturated heterocycles. The third kappa shape index (κ3) is 5.83. The van der Waals surface area contributed by atoms with Gasteiger partial charge < -0.3 is 10.4 Å². The highest BCUT2D eigenvalue weighted by Gasteiger charge is 2.13. The molecule has 0 radical (unpaired) electrons. The first-order chi connectivity index (χ1) is 10.8. The van der Waals surface area contributed by atoms with Gasteiger partial charge in [0.05, 0.1) is 12.1 Å². The number of amides is 1. The van der Waals surface area contributed by atoms with E-state index in [0.29, 0.717) is 18.5 Å². The summed E-state index contributed by atoms with van der Waals surface area (Å²) in [4.78, 5) is 16.1. The van der Waals surface area contributed by atoms with Crippen molar-refractivity contribution in [2.75, 3.05) is 0 Å². The van der Waals surface area contributed by atoms with Crippen LogP contribution in [-0.4, -0.2) is 37.4 Å². The van der Waals surface area contributed by atoms with Crippen LogP contribution in [0.15, 0.2) is 36.9 Å². The number of hydrogen-bond donors (Lipinski definition) is 2. The molecule has 2 aromatic rings. The summed E-state index contributed by atoms with van der Waals surface area (Å²) in [5, 5.41) is 16.7. The van der Waals surface area contributed by atoms with Crippen molar-refractivity contribution < 1.29 is 9.90 Å². The normalized spacial score (nSPS) is 12.9. The van der Waals surface area contributed by atoms with E-state index in [1.165, 1.54) is 6.33 Å². The van der Waals surface area contributed by atoms with Crippen LogP contribution in [0.2, 0.25) is 0 Å². The zero-order chi connectivity index (χ0) is 16.9. The summed E-state index contributed by atoms with van der Waals surface area (Å²) in [6.07, 6.45) is 4.57. The van der Waals surface area contributed by atoms with Gasteiger partial charge in [-0.25, -0.2) is 4.98 Å². The fraction of sp³-hybridized carbons (Fsp3) is 0.471. The van der Waals surface area contributed by atoms with Crippen LogP contribution in [0.25, 0.3) is 0 Å². The SMILES string of the molecule is CC(Cn1cncn1)NC(=O)c1ccc(CCC(C)(C)O)cc1. The molecule has 0 bridgehead atoms. The van der Waals surface area contributed by atoms with Crippen LogP contribution >= 0.6 is 0 Å². The topological polar surface area (TPSA) is 80.0 Å². The van der Waals surface area contributed by atoms with E-state index in [1.807, 2.05) is 31.2 Å². The molecule has 1 unspecified atom stereocenters. The van der Waals surface area contributed by atoms with E-state index in [-0.39, 0.29) is 11.9 Å². The van der Waals surface area contributed by atoms with E-state index >= 15 is 0 Å². The van der Waals surface area contributed by atoms with Gasteiger partial charge in [-0.3, -0.25) is 9.48 Å². The zero-order valence-corrected chi connectivity index (χ0v) is 13.9. The van der Waals surface area contributed by atoms with Crippen LogP contribution in [0.4, 0.5) is 0 Å². The molecule has 0 saturated carbocycles. The summed E-state index contributed by atoms with van der Waals surface area (Å²) >= 11 is 0. The molecule has 1 heterocycles. The standard InChI is InChI=1S/C17H24N4O2/c1-13(10-21-12-18-11-19-21)20-16(22)15-6-4-14(5-7-15)8-9-17(2,3)23/h4-7,11-13,23H,8-10H2,1-3H3,(H,20,22). The first-order valence-electron chi connectivity index (χ1n) is 7.78. The Hall–Kier alpha value is -2.21. The second-order valence-electron chi connectivity index (χ2n) is 6.50. The average molecular weight is 316 g/mol. The van der Waals surface area contributed by atoms with Gasteiger partial charge in [-0.05, 0) is 51.3 Å². The Bertz CT molecular complexity index is 615. The van der Waals surface area contributed by atoms with Crippen LogP contribution in [0, 0.1) is 0 Å². The predicted octanol–water partition coefficient (Wildman–Crippen LogP) is 1.80. The minimum atomic E-state index is -0.674. The van der Waals surface area contributed by atoms with Gasteiger partial charge in [0.1, 0.15) is 12.7 Å². The summed E-state index contributed by atoms with van der Waals surface area (Å²) in [6, 6.07) is 7.46. The fourth-order valence-electron chi connectivity index (χ4n) is 2.23. The number of hydrogen-bond acceptors (Lipinski definition) is 4. The molecule has 1 atom stereocenters. The predicted molar refractivity (Wildman–Crippen MR) is 88.0 cm³/mol. The van der Waals surface area contributed by atoms with E-state index in [2.05, 4.69) is 15.4 Å². The molecule has 6 heteroatoms.